The van der Waals surface area contributed by atoms with Gasteiger partial charge in [0, 0.05) is 0 Å². The molecule has 2 saturated heterocycles. The van der Waals surface area contributed by atoms with Crippen molar-refractivity contribution in [2.75, 3.05) is 0 Å². The number of rotatable bonds is 16. The van der Waals surface area contributed by atoms with Gasteiger partial charge in [0.15, 0.2) is 0 Å². The van der Waals surface area contributed by atoms with Crippen LogP contribution in [0.25, 0.3) is 32.3 Å². The quantitative estimate of drug-likeness (QED) is 0.0672. The van der Waals surface area contributed by atoms with Crippen LogP contribution in [0.15, 0.2) is 36.4 Å². The van der Waals surface area contributed by atoms with Gasteiger partial charge < -0.3 is 18.6 Å². The molecule has 0 saturated carbocycles. The van der Waals surface area contributed by atoms with Crippen molar-refractivity contribution >= 4 is 57.5 Å². The molecule has 0 atom stereocenters. The van der Waals surface area contributed by atoms with Gasteiger partial charge in [-0.25, -0.2) is 0 Å². The molecule has 4 aromatic carbocycles. The highest BCUT2D eigenvalue weighted by Crippen LogP contribution is 2.42. The highest BCUT2D eigenvalue weighted by molar-refractivity contribution is 6.67. The van der Waals surface area contributed by atoms with E-state index in [0.29, 0.717) is 0 Å². The monoisotopic (exact) mass is 678 g/mol. The lowest BCUT2D eigenvalue weighted by Gasteiger charge is -2.32. The summed E-state index contributed by atoms with van der Waals surface area (Å²) in [7, 11) is -0.837. The molecule has 0 aromatic heterocycles. The van der Waals surface area contributed by atoms with Crippen molar-refractivity contribution in [3.05, 3.63) is 47.5 Å². The average Bonchev–Trinajstić information content (AvgIpc) is 3.42. The van der Waals surface area contributed by atoms with Gasteiger partial charge in [0.2, 0.25) is 0 Å². The number of aryl methyl sites for hydroxylation is 2. The van der Waals surface area contributed by atoms with Gasteiger partial charge in [0.05, 0.1) is 22.4 Å². The summed E-state index contributed by atoms with van der Waals surface area (Å²) in [6.45, 7) is 21.8. The van der Waals surface area contributed by atoms with Crippen LogP contribution in [0.1, 0.15) is 157 Å². The third-order valence-corrected chi connectivity index (χ3v) is 12.7. The molecule has 2 fully saturated rings. The molecular weight excluding hydrogens is 614 g/mol. The molecule has 2 aliphatic rings. The smallest absolute Gasteiger partial charge is 0.399 e. The summed E-state index contributed by atoms with van der Waals surface area (Å²) >= 11 is 0. The summed E-state index contributed by atoms with van der Waals surface area (Å²) in [6.07, 6.45) is 17.5. The van der Waals surface area contributed by atoms with E-state index < -0.39 is 36.6 Å². The van der Waals surface area contributed by atoms with Crippen molar-refractivity contribution in [3.63, 3.8) is 0 Å². The predicted molar refractivity (Wildman–Crippen MR) is 216 cm³/mol. The van der Waals surface area contributed by atoms with Gasteiger partial charge in [-0.1, -0.05) is 114 Å². The SMILES string of the molecule is CCCCCCCCc1cc(B2OC(C)(C)C(C)(C)O2)c2ccc3c(CCCCCCCC)cc(B4OC(C)(C)C(C)(C)O4)c4ccc1c2c34. The predicted octanol–water partition coefficient (Wildman–Crippen LogP) is 11.0. The molecule has 6 heteroatoms. The molecule has 0 N–H and O–H groups in total. The van der Waals surface area contributed by atoms with Gasteiger partial charge in [-0.3, -0.25) is 0 Å². The first-order valence-electron chi connectivity index (χ1n) is 20.2. The molecule has 0 amide bonds. The molecule has 270 valence electrons. The second-order valence-electron chi connectivity index (χ2n) is 17.5. The van der Waals surface area contributed by atoms with Crippen LogP contribution in [0.5, 0.6) is 0 Å². The van der Waals surface area contributed by atoms with E-state index in [9.17, 15) is 0 Å². The number of unbranched alkanes of at least 4 members (excludes halogenated alkanes) is 10. The number of benzene rings is 4. The Morgan fingerprint density at radius 2 is 0.720 bits per heavy atom. The minimum absolute atomic E-state index is 0.407. The van der Waals surface area contributed by atoms with Crippen molar-refractivity contribution in [1.82, 2.24) is 0 Å². The van der Waals surface area contributed by atoms with E-state index in [2.05, 4.69) is 106 Å². The summed E-state index contributed by atoms with van der Waals surface area (Å²) in [5, 5.41) is 7.89. The topological polar surface area (TPSA) is 36.9 Å². The Morgan fingerprint density at radius 1 is 0.420 bits per heavy atom. The zero-order chi connectivity index (χ0) is 35.9. The second-order valence-corrected chi connectivity index (χ2v) is 17.5. The molecule has 4 aromatic rings. The van der Waals surface area contributed by atoms with E-state index in [1.807, 2.05) is 0 Å². The minimum Gasteiger partial charge on any atom is -0.399 e. The third-order valence-electron chi connectivity index (χ3n) is 12.7. The molecule has 50 heavy (non-hydrogen) atoms. The maximum Gasteiger partial charge on any atom is 0.495 e. The van der Waals surface area contributed by atoms with Crippen LogP contribution in [0.2, 0.25) is 0 Å². The van der Waals surface area contributed by atoms with E-state index in [1.165, 1.54) is 120 Å². The summed E-state index contributed by atoms with van der Waals surface area (Å²) in [6, 6.07) is 14.3. The summed E-state index contributed by atoms with van der Waals surface area (Å²) in [5.41, 5.74) is 3.50. The molecule has 0 aliphatic carbocycles. The lowest BCUT2D eigenvalue weighted by Crippen LogP contribution is -2.41. The van der Waals surface area contributed by atoms with Crippen molar-refractivity contribution in [3.8, 4) is 0 Å². The van der Waals surface area contributed by atoms with Crippen LogP contribution < -0.4 is 10.9 Å². The Morgan fingerprint density at radius 3 is 1.06 bits per heavy atom. The van der Waals surface area contributed by atoms with Gasteiger partial charge >= 0.3 is 14.2 Å². The van der Waals surface area contributed by atoms with Crippen molar-refractivity contribution in [2.45, 2.75) is 182 Å². The van der Waals surface area contributed by atoms with Crippen LogP contribution in [0.3, 0.4) is 0 Å². The fourth-order valence-electron chi connectivity index (χ4n) is 8.13. The fraction of sp³-hybridized carbons (Fsp3) is 0.636. The number of hydrogen-bond donors (Lipinski definition) is 0. The summed E-state index contributed by atoms with van der Waals surface area (Å²) < 4.78 is 27.1. The molecule has 0 unspecified atom stereocenters. The largest absolute Gasteiger partial charge is 0.495 e. The van der Waals surface area contributed by atoms with Crippen molar-refractivity contribution in [2.24, 2.45) is 0 Å². The molecule has 2 heterocycles. The standard InChI is InChI=1S/C44H64B2O4/c1-11-13-15-17-19-21-23-31-29-37(45-47-41(3,4)42(5,6)48-45)35-28-26-34-32(24-22-20-18-16-14-12-2)30-38(36-27-25-33(31)39(35)40(34)36)46-49-43(7,8)44(9,10)50-46/h25-30H,11-24H2,1-10H3. The van der Waals surface area contributed by atoms with Crippen LogP contribution >= 0.6 is 0 Å². The first-order chi connectivity index (χ1) is 23.7. The van der Waals surface area contributed by atoms with Gasteiger partial charge in [-0.05, 0) is 135 Å². The molecular formula is C44H64B2O4. The molecule has 0 spiro atoms. The molecule has 6 rings (SSSR count). The van der Waals surface area contributed by atoms with E-state index in [-0.39, 0.29) is 0 Å². The summed E-state index contributed by atoms with van der Waals surface area (Å²) in [4.78, 5) is 0. The zero-order valence-electron chi connectivity index (χ0n) is 33.2. The van der Waals surface area contributed by atoms with Gasteiger partial charge in [-0.2, -0.15) is 0 Å². The second kappa shape index (κ2) is 14.7. The minimum atomic E-state index is -0.418. The number of hydrogen-bond acceptors (Lipinski definition) is 4. The van der Waals surface area contributed by atoms with E-state index >= 15 is 0 Å². The van der Waals surface area contributed by atoms with Crippen LogP contribution in [0, 0.1) is 0 Å². The normalized spacial score (nSPS) is 19.6. The molecule has 0 radical (unpaired) electrons. The van der Waals surface area contributed by atoms with Crippen LogP contribution in [-0.4, -0.2) is 36.6 Å². The first kappa shape index (κ1) is 37.6. The van der Waals surface area contributed by atoms with Crippen LogP contribution in [0.4, 0.5) is 0 Å². The maximum atomic E-state index is 6.77. The van der Waals surface area contributed by atoms with E-state index in [4.69, 9.17) is 18.6 Å². The Balaban J connectivity index is 1.52. The Bertz CT molecular complexity index is 1610. The Labute approximate surface area is 304 Å². The molecule has 0 bridgehead atoms. The average molecular weight is 679 g/mol. The van der Waals surface area contributed by atoms with Gasteiger partial charge in [0.25, 0.3) is 0 Å². The first-order valence-corrected chi connectivity index (χ1v) is 20.2. The van der Waals surface area contributed by atoms with Crippen LogP contribution in [-0.2, 0) is 31.5 Å². The maximum absolute atomic E-state index is 6.77. The highest BCUT2D eigenvalue weighted by atomic mass is 16.7. The summed E-state index contributed by atoms with van der Waals surface area (Å²) in [5.74, 6) is 0. The zero-order valence-corrected chi connectivity index (χ0v) is 33.2. The van der Waals surface area contributed by atoms with Crippen molar-refractivity contribution < 1.29 is 18.6 Å². The molecule has 2 aliphatic heterocycles. The highest BCUT2D eigenvalue weighted by Gasteiger charge is 2.53. The van der Waals surface area contributed by atoms with Gasteiger partial charge in [0.1, 0.15) is 0 Å². The fourth-order valence-corrected chi connectivity index (χ4v) is 8.13. The lowest BCUT2D eigenvalue weighted by molar-refractivity contribution is 0.00578. The lowest BCUT2D eigenvalue weighted by atomic mass is 9.70. The molecule has 4 nitrogen and oxygen atoms in total. The van der Waals surface area contributed by atoms with E-state index in [1.54, 1.807) is 0 Å². The van der Waals surface area contributed by atoms with E-state index in [0.717, 1.165) is 23.8 Å². The Hall–Kier alpha value is -2.11. The third kappa shape index (κ3) is 7.13. The van der Waals surface area contributed by atoms with Crippen molar-refractivity contribution in [1.29, 1.82) is 0 Å². The Kier molecular flexibility index (Phi) is 11.1. The van der Waals surface area contributed by atoms with Gasteiger partial charge in [-0.15, -0.1) is 0 Å².